The van der Waals surface area contributed by atoms with Gasteiger partial charge >= 0.3 is 0 Å². The number of rotatable bonds is 30. The van der Waals surface area contributed by atoms with Gasteiger partial charge in [0.1, 0.15) is 6.10 Å². The standard InChI is InChI=1S/C35H67NO4/c1-3-5-7-9-11-13-15-16-17-18-20-21-23-25-27-29-33(38)32(31-37)36-35(40)34(39)30-28-26-24-22-19-14-12-10-8-6-4-2/h12,14,27,29,32-34,37-39H,3-11,13,15-26,28,30-31H2,1-2H3,(H,36,40)/b14-12-,29-27+. The van der Waals surface area contributed by atoms with Crippen molar-refractivity contribution in [3.63, 3.8) is 0 Å². The lowest BCUT2D eigenvalue weighted by atomic mass is 10.0. The summed E-state index contributed by atoms with van der Waals surface area (Å²) in [5, 5.41) is 32.8. The predicted octanol–water partition coefficient (Wildman–Crippen LogP) is 8.70. The fourth-order valence-corrected chi connectivity index (χ4v) is 5.00. The number of hydrogen-bond donors (Lipinski definition) is 4. The van der Waals surface area contributed by atoms with Gasteiger partial charge in [0.2, 0.25) is 5.91 Å². The molecule has 0 rings (SSSR count). The van der Waals surface area contributed by atoms with E-state index in [9.17, 15) is 20.1 Å². The molecule has 0 aliphatic carbocycles. The molecule has 5 nitrogen and oxygen atoms in total. The Morgan fingerprint density at radius 2 is 1.00 bits per heavy atom. The molecule has 0 radical (unpaired) electrons. The molecule has 0 fully saturated rings. The predicted molar refractivity (Wildman–Crippen MR) is 171 cm³/mol. The van der Waals surface area contributed by atoms with Gasteiger partial charge in [0.15, 0.2) is 0 Å². The van der Waals surface area contributed by atoms with E-state index in [0.717, 1.165) is 44.9 Å². The summed E-state index contributed by atoms with van der Waals surface area (Å²) in [6.07, 6.45) is 34.7. The van der Waals surface area contributed by atoms with Gasteiger partial charge in [0.25, 0.3) is 0 Å². The maximum atomic E-state index is 12.3. The van der Waals surface area contributed by atoms with Crippen LogP contribution in [0, 0.1) is 0 Å². The summed E-state index contributed by atoms with van der Waals surface area (Å²) >= 11 is 0. The van der Waals surface area contributed by atoms with E-state index in [1.165, 1.54) is 103 Å². The fraction of sp³-hybridized carbons (Fsp3) is 0.857. The second-order valence-corrected chi connectivity index (χ2v) is 11.7. The number of aliphatic hydroxyl groups is 3. The number of hydrogen-bond acceptors (Lipinski definition) is 4. The van der Waals surface area contributed by atoms with E-state index in [-0.39, 0.29) is 6.61 Å². The third-order valence-electron chi connectivity index (χ3n) is 7.79. The minimum Gasteiger partial charge on any atom is -0.394 e. The van der Waals surface area contributed by atoms with Crippen molar-refractivity contribution in [2.24, 2.45) is 0 Å². The van der Waals surface area contributed by atoms with Gasteiger partial charge in [-0.15, -0.1) is 0 Å². The van der Waals surface area contributed by atoms with Gasteiger partial charge in [-0.05, 0) is 44.9 Å². The number of nitrogens with one attached hydrogen (secondary N) is 1. The molecule has 5 heteroatoms. The minimum atomic E-state index is -1.10. The zero-order valence-electron chi connectivity index (χ0n) is 26.5. The topological polar surface area (TPSA) is 89.8 Å². The smallest absolute Gasteiger partial charge is 0.249 e. The van der Waals surface area contributed by atoms with Crippen LogP contribution >= 0.6 is 0 Å². The third-order valence-corrected chi connectivity index (χ3v) is 7.79. The van der Waals surface area contributed by atoms with Crippen molar-refractivity contribution in [1.29, 1.82) is 0 Å². The van der Waals surface area contributed by atoms with Gasteiger partial charge < -0.3 is 20.6 Å². The van der Waals surface area contributed by atoms with Gasteiger partial charge in [0.05, 0.1) is 18.8 Å². The first-order valence-corrected chi connectivity index (χ1v) is 17.2. The first kappa shape index (κ1) is 38.8. The van der Waals surface area contributed by atoms with Crippen LogP contribution in [0.2, 0.25) is 0 Å². The Morgan fingerprint density at radius 3 is 1.50 bits per heavy atom. The van der Waals surface area contributed by atoms with Crippen LogP contribution in [-0.2, 0) is 4.79 Å². The molecule has 0 saturated heterocycles. The number of carbonyl (C=O) groups is 1. The monoisotopic (exact) mass is 566 g/mol. The van der Waals surface area contributed by atoms with Gasteiger partial charge in [0, 0.05) is 0 Å². The molecule has 3 unspecified atom stereocenters. The van der Waals surface area contributed by atoms with Gasteiger partial charge in [-0.1, -0.05) is 147 Å². The van der Waals surface area contributed by atoms with E-state index in [1.54, 1.807) is 6.08 Å². The molecular weight excluding hydrogens is 498 g/mol. The van der Waals surface area contributed by atoms with E-state index in [4.69, 9.17) is 0 Å². The van der Waals surface area contributed by atoms with E-state index in [1.807, 2.05) is 6.08 Å². The van der Waals surface area contributed by atoms with Gasteiger partial charge in [-0.25, -0.2) is 0 Å². The molecule has 3 atom stereocenters. The van der Waals surface area contributed by atoms with Crippen LogP contribution in [0.3, 0.4) is 0 Å². The molecule has 0 saturated carbocycles. The highest BCUT2D eigenvalue weighted by Gasteiger charge is 2.22. The molecule has 0 bridgehead atoms. The first-order valence-electron chi connectivity index (χ1n) is 17.2. The average molecular weight is 566 g/mol. The molecule has 0 aromatic carbocycles. The molecule has 40 heavy (non-hydrogen) atoms. The van der Waals surface area contributed by atoms with Crippen LogP contribution in [-0.4, -0.2) is 46.1 Å². The Balaban J connectivity index is 3.80. The lowest BCUT2D eigenvalue weighted by Crippen LogP contribution is -2.48. The second-order valence-electron chi connectivity index (χ2n) is 11.7. The molecule has 1 amide bonds. The maximum absolute atomic E-state index is 12.3. The highest BCUT2D eigenvalue weighted by Crippen LogP contribution is 2.13. The van der Waals surface area contributed by atoms with Gasteiger partial charge in [-0.2, -0.15) is 0 Å². The molecule has 236 valence electrons. The molecular formula is C35H67NO4. The SMILES string of the molecule is CCCCC/C=C\CCCCCCC(O)C(=O)NC(CO)C(O)/C=C/CCCCCCCCCCCCCCC. The van der Waals surface area contributed by atoms with E-state index in [2.05, 4.69) is 31.3 Å². The van der Waals surface area contributed by atoms with Crippen LogP contribution in [0.4, 0.5) is 0 Å². The summed E-state index contributed by atoms with van der Waals surface area (Å²) in [6.45, 7) is 4.12. The summed E-state index contributed by atoms with van der Waals surface area (Å²) in [7, 11) is 0. The van der Waals surface area contributed by atoms with E-state index >= 15 is 0 Å². The third kappa shape index (κ3) is 25.8. The zero-order chi connectivity index (χ0) is 29.5. The normalized spacial score (nSPS) is 14.2. The maximum Gasteiger partial charge on any atom is 0.249 e. The van der Waals surface area contributed by atoms with Crippen LogP contribution in [0.25, 0.3) is 0 Å². The van der Waals surface area contributed by atoms with Crippen molar-refractivity contribution in [3.8, 4) is 0 Å². The number of allylic oxidation sites excluding steroid dienone is 3. The van der Waals surface area contributed by atoms with Crippen LogP contribution in [0.15, 0.2) is 24.3 Å². The lowest BCUT2D eigenvalue weighted by molar-refractivity contribution is -0.131. The summed E-state index contributed by atoms with van der Waals surface area (Å²) in [6, 6.07) is -0.797. The summed E-state index contributed by atoms with van der Waals surface area (Å²) in [4.78, 5) is 12.3. The average Bonchev–Trinajstić information content (AvgIpc) is 2.96. The molecule has 0 aromatic rings. The van der Waals surface area contributed by atoms with Crippen LogP contribution in [0.1, 0.15) is 168 Å². The molecule has 0 aromatic heterocycles. The molecule has 4 N–H and O–H groups in total. The summed E-state index contributed by atoms with van der Waals surface area (Å²) in [5.74, 6) is -0.516. The largest absolute Gasteiger partial charge is 0.394 e. The minimum absolute atomic E-state index is 0.366. The molecule has 0 heterocycles. The number of carbonyl (C=O) groups excluding carboxylic acids is 1. The van der Waals surface area contributed by atoms with Crippen LogP contribution < -0.4 is 5.32 Å². The van der Waals surface area contributed by atoms with Crippen molar-refractivity contribution in [2.75, 3.05) is 6.61 Å². The van der Waals surface area contributed by atoms with Crippen molar-refractivity contribution in [2.45, 2.75) is 186 Å². The molecule has 0 aliphatic rings. The quantitative estimate of drug-likeness (QED) is 0.0518. The first-order chi connectivity index (χ1) is 19.6. The fourth-order valence-electron chi connectivity index (χ4n) is 5.00. The molecule has 0 aliphatic heterocycles. The number of unbranched alkanes of at least 4 members (excludes halogenated alkanes) is 20. The zero-order valence-corrected chi connectivity index (χ0v) is 26.5. The van der Waals surface area contributed by atoms with Crippen LogP contribution in [0.5, 0.6) is 0 Å². The summed E-state index contributed by atoms with van der Waals surface area (Å²) in [5.41, 5.74) is 0. The van der Waals surface area contributed by atoms with Crippen molar-refractivity contribution < 1.29 is 20.1 Å². The van der Waals surface area contributed by atoms with Crippen molar-refractivity contribution in [1.82, 2.24) is 5.32 Å². The lowest BCUT2D eigenvalue weighted by Gasteiger charge is -2.21. The van der Waals surface area contributed by atoms with Crippen molar-refractivity contribution in [3.05, 3.63) is 24.3 Å². The highest BCUT2D eigenvalue weighted by molar-refractivity contribution is 5.80. The van der Waals surface area contributed by atoms with E-state index < -0.39 is 24.2 Å². The van der Waals surface area contributed by atoms with Crippen molar-refractivity contribution >= 4 is 5.91 Å². The van der Waals surface area contributed by atoms with E-state index in [0.29, 0.717) is 6.42 Å². The Labute approximate surface area is 248 Å². The Morgan fingerprint density at radius 1 is 0.600 bits per heavy atom. The second kappa shape index (κ2) is 30.8. The number of amides is 1. The Kier molecular flexibility index (Phi) is 29.9. The van der Waals surface area contributed by atoms with Gasteiger partial charge in [-0.3, -0.25) is 4.79 Å². The Bertz CT molecular complexity index is 592. The Hall–Kier alpha value is -1.17. The summed E-state index contributed by atoms with van der Waals surface area (Å²) < 4.78 is 0. The number of aliphatic hydroxyl groups excluding tert-OH is 3. The highest BCUT2D eigenvalue weighted by atomic mass is 16.3. The molecule has 0 spiro atoms.